The van der Waals surface area contributed by atoms with E-state index in [0.29, 0.717) is 17.7 Å². The third-order valence-corrected chi connectivity index (χ3v) is 3.24. The molecule has 0 radical (unpaired) electrons. The van der Waals surface area contributed by atoms with Gasteiger partial charge in [0.15, 0.2) is 0 Å². The van der Waals surface area contributed by atoms with E-state index in [2.05, 4.69) is 23.7 Å². The highest BCUT2D eigenvalue weighted by Gasteiger charge is 2.14. The van der Waals surface area contributed by atoms with E-state index in [9.17, 15) is 0 Å². The Balaban J connectivity index is 2.68. The van der Waals surface area contributed by atoms with Crippen molar-refractivity contribution in [3.63, 3.8) is 0 Å². The fraction of sp³-hybridized carbons (Fsp3) is 0.615. The van der Waals surface area contributed by atoms with Crippen LogP contribution in [0.5, 0.6) is 0 Å². The average molecular weight is 257 g/mol. The summed E-state index contributed by atoms with van der Waals surface area (Å²) in [4.78, 5) is 6.38. The maximum absolute atomic E-state index is 9.12. The predicted molar refractivity (Wildman–Crippen MR) is 71.1 cm³/mol. The van der Waals surface area contributed by atoms with Crippen molar-refractivity contribution in [2.75, 3.05) is 13.2 Å². The van der Waals surface area contributed by atoms with Crippen LogP contribution < -0.4 is 0 Å². The average Bonchev–Trinajstić information content (AvgIpc) is 2.34. The second-order valence-corrected chi connectivity index (χ2v) is 4.54. The summed E-state index contributed by atoms with van der Waals surface area (Å²) < 4.78 is 0. The fourth-order valence-corrected chi connectivity index (χ4v) is 2.17. The monoisotopic (exact) mass is 256 g/mol. The van der Waals surface area contributed by atoms with Crippen molar-refractivity contribution in [3.05, 3.63) is 29.0 Å². The first-order valence-corrected chi connectivity index (χ1v) is 6.54. The quantitative estimate of drug-likeness (QED) is 0.762. The van der Waals surface area contributed by atoms with Crippen LogP contribution in [0.15, 0.2) is 18.3 Å². The Bertz CT molecular complexity index is 312. The van der Waals surface area contributed by atoms with Crippen molar-refractivity contribution >= 4 is 11.6 Å². The minimum Gasteiger partial charge on any atom is -0.395 e. The summed E-state index contributed by atoms with van der Waals surface area (Å²) in [5.41, 5.74) is 1.13. The van der Waals surface area contributed by atoms with E-state index in [4.69, 9.17) is 16.7 Å². The van der Waals surface area contributed by atoms with Gasteiger partial charge in [-0.1, -0.05) is 31.5 Å². The van der Waals surface area contributed by atoms with Crippen LogP contribution in [0.3, 0.4) is 0 Å². The van der Waals surface area contributed by atoms with Gasteiger partial charge in [-0.3, -0.25) is 4.90 Å². The van der Waals surface area contributed by atoms with Crippen LogP contribution in [0.2, 0.25) is 5.15 Å². The molecule has 1 N–H and O–H groups in total. The Morgan fingerprint density at radius 2 is 2.06 bits per heavy atom. The summed E-state index contributed by atoms with van der Waals surface area (Å²) in [7, 11) is 0. The van der Waals surface area contributed by atoms with Crippen LogP contribution in [0, 0.1) is 0 Å². The van der Waals surface area contributed by atoms with Crippen LogP contribution >= 0.6 is 11.6 Å². The van der Waals surface area contributed by atoms with Gasteiger partial charge in [0.1, 0.15) is 5.15 Å². The summed E-state index contributed by atoms with van der Waals surface area (Å²) >= 11 is 5.76. The van der Waals surface area contributed by atoms with Crippen LogP contribution in [0.4, 0.5) is 0 Å². The third-order valence-electron chi connectivity index (χ3n) is 3.02. The molecular formula is C13H21ClN2O. The number of aliphatic hydroxyl groups is 1. The van der Waals surface area contributed by atoms with Crippen molar-refractivity contribution in [2.45, 2.75) is 39.3 Å². The van der Waals surface area contributed by atoms with Crippen molar-refractivity contribution in [1.82, 2.24) is 9.88 Å². The molecule has 4 heteroatoms. The smallest absolute Gasteiger partial charge is 0.129 e. The predicted octanol–water partition coefficient (Wildman–Crippen LogP) is 2.72. The van der Waals surface area contributed by atoms with Crippen LogP contribution in [0.25, 0.3) is 0 Å². The lowest BCUT2D eigenvalue weighted by Crippen LogP contribution is -2.36. The molecule has 0 aliphatic heterocycles. The number of aromatic nitrogens is 1. The largest absolute Gasteiger partial charge is 0.395 e. The normalized spacial score (nSPS) is 11.4. The molecule has 1 aromatic heterocycles. The molecule has 0 atom stereocenters. The SMILES string of the molecule is CCC(CC)N(CCO)Cc1ccc(Cl)nc1. The zero-order valence-corrected chi connectivity index (χ0v) is 11.3. The molecule has 0 aliphatic rings. The van der Waals surface area contributed by atoms with Gasteiger partial charge in [0, 0.05) is 25.3 Å². The van der Waals surface area contributed by atoms with Gasteiger partial charge in [-0.25, -0.2) is 4.98 Å². The molecule has 1 aromatic rings. The molecular weight excluding hydrogens is 236 g/mol. The number of aliphatic hydroxyl groups excluding tert-OH is 1. The second kappa shape index (κ2) is 7.64. The zero-order valence-electron chi connectivity index (χ0n) is 10.6. The molecule has 0 saturated heterocycles. The van der Waals surface area contributed by atoms with Crippen LogP contribution in [-0.2, 0) is 6.54 Å². The van der Waals surface area contributed by atoms with Crippen molar-refractivity contribution in [2.24, 2.45) is 0 Å². The van der Waals surface area contributed by atoms with Gasteiger partial charge in [0.2, 0.25) is 0 Å². The van der Waals surface area contributed by atoms with Crippen LogP contribution in [0.1, 0.15) is 32.3 Å². The molecule has 0 unspecified atom stereocenters. The molecule has 0 aliphatic carbocycles. The van der Waals surface area contributed by atoms with Crippen LogP contribution in [-0.4, -0.2) is 34.2 Å². The van der Waals surface area contributed by atoms with Crippen molar-refractivity contribution in [1.29, 1.82) is 0 Å². The Labute approximate surface area is 108 Å². The zero-order chi connectivity index (χ0) is 12.7. The second-order valence-electron chi connectivity index (χ2n) is 4.15. The van der Waals surface area contributed by atoms with E-state index in [1.165, 1.54) is 0 Å². The van der Waals surface area contributed by atoms with Crippen molar-refractivity contribution in [3.8, 4) is 0 Å². The summed E-state index contributed by atoms with van der Waals surface area (Å²) in [6, 6.07) is 4.31. The number of hydrogen-bond donors (Lipinski definition) is 1. The van der Waals surface area contributed by atoms with E-state index in [-0.39, 0.29) is 6.61 Å². The first-order valence-electron chi connectivity index (χ1n) is 6.16. The summed E-state index contributed by atoms with van der Waals surface area (Å²) in [5, 5.41) is 9.64. The lowest BCUT2D eigenvalue weighted by atomic mass is 10.1. The number of nitrogens with zero attached hydrogens (tertiary/aromatic N) is 2. The van der Waals surface area contributed by atoms with Gasteiger partial charge in [-0.2, -0.15) is 0 Å². The summed E-state index contributed by atoms with van der Waals surface area (Å²) in [6.45, 7) is 6.07. The standard InChI is InChI=1S/C13H21ClN2O/c1-3-12(4-2)16(7-8-17)10-11-5-6-13(14)15-9-11/h5-6,9,12,17H,3-4,7-8,10H2,1-2H3. The Morgan fingerprint density at radius 3 is 2.53 bits per heavy atom. The minimum absolute atomic E-state index is 0.192. The lowest BCUT2D eigenvalue weighted by Gasteiger charge is -2.29. The number of rotatable bonds is 7. The fourth-order valence-electron chi connectivity index (χ4n) is 2.06. The molecule has 17 heavy (non-hydrogen) atoms. The highest BCUT2D eigenvalue weighted by molar-refractivity contribution is 6.29. The molecule has 96 valence electrons. The van der Waals surface area contributed by atoms with Gasteiger partial charge < -0.3 is 5.11 Å². The highest BCUT2D eigenvalue weighted by Crippen LogP contribution is 2.14. The van der Waals surface area contributed by atoms with E-state index < -0.39 is 0 Å². The topological polar surface area (TPSA) is 36.4 Å². The number of halogens is 1. The van der Waals surface area contributed by atoms with Gasteiger partial charge in [0.05, 0.1) is 6.61 Å². The maximum atomic E-state index is 9.12. The van der Waals surface area contributed by atoms with E-state index >= 15 is 0 Å². The molecule has 0 aromatic carbocycles. The van der Waals surface area contributed by atoms with Gasteiger partial charge in [-0.05, 0) is 24.5 Å². The Morgan fingerprint density at radius 1 is 1.35 bits per heavy atom. The van der Waals surface area contributed by atoms with Gasteiger partial charge in [0.25, 0.3) is 0 Å². The molecule has 0 spiro atoms. The first kappa shape index (κ1) is 14.4. The molecule has 0 amide bonds. The van der Waals surface area contributed by atoms with E-state index in [1.807, 2.05) is 6.07 Å². The third kappa shape index (κ3) is 4.62. The molecule has 0 saturated carbocycles. The lowest BCUT2D eigenvalue weighted by molar-refractivity contribution is 0.136. The van der Waals surface area contributed by atoms with Gasteiger partial charge in [-0.15, -0.1) is 0 Å². The minimum atomic E-state index is 0.192. The number of hydrogen-bond acceptors (Lipinski definition) is 3. The Hall–Kier alpha value is -0.640. The van der Waals surface area contributed by atoms with E-state index in [0.717, 1.165) is 24.9 Å². The van der Waals surface area contributed by atoms with E-state index in [1.54, 1.807) is 12.3 Å². The summed E-state index contributed by atoms with van der Waals surface area (Å²) in [5.74, 6) is 0. The highest BCUT2D eigenvalue weighted by atomic mass is 35.5. The molecule has 1 heterocycles. The molecule has 3 nitrogen and oxygen atoms in total. The molecule has 1 rings (SSSR count). The first-order chi connectivity index (χ1) is 8.21. The Kier molecular flexibility index (Phi) is 6.48. The maximum Gasteiger partial charge on any atom is 0.129 e. The molecule has 0 bridgehead atoms. The van der Waals surface area contributed by atoms with Crippen molar-refractivity contribution < 1.29 is 5.11 Å². The summed E-state index contributed by atoms with van der Waals surface area (Å²) in [6.07, 6.45) is 3.99. The number of pyridine rings is 1. The molecule has 0 fully saturated rings. The van der Waals surface area contributed by atoms with Gasteiger partial charge >= 0.3 is 0 Å².